The fourth-order valence-corrected chi connectivity index (χ4v) is 4.17. The normalized spacial score (nSPS) is 12.2. The number of nitrogens with one attached hydrogen (secondary N) is 1. The minimum atomic E-state index is -3.74. The van der Waals surface area contributed by atoms with Gasteiger partial charge in [0.15, 0.2) is 0 Å². The van der Waals surface area contributed by atoms with Gasteiger partial charge in [0.25, 0.3) is 0 Å². The molecule has 2 aromatic carbocycles. The molecule has 0 unspecified atom stereocenters. The van der Waals surface area contributed by atoms with Crippen molar-refractivity contribution in [2.75, 3.05) is 23.7 Å². The summed E-state index contributed by atoms with van der Waals surface area (Å²) < 4.78 is 26.9. The van der Waals surface area contributed by atoms with Crippen molar-refractivity contribution < 1.29 is 18.0 Å². The first-order valence-electron chi connectivity index (χ1n) is 9.89. The number of anilines is 1. The molecule has 0 radical (unpaired) electrons. The Hall–Kier alpha value is -2.39. The number of hydrogen-bond acceptors (Lipinski definition) is 4. The van der Waals surface area contributed by atoms with E-state index in [9.17, 15) is 18.0 Å². The summed E-state index contributed by atoms with van der Waals surface area (Å²) in [6.07, 6.45) is 1.06. The number of amides is 2. The van der Waals surface area contributed by atoms with Crippen LogP contribution in [0.25, 0.3) is 0 Å². The van der Waals surface area contributed by atoms with Gasteiger partial charge in [0.1, 0.15) is 12.6 Å². The molecular weight excluding hydrogens is 482 g/mol. The van der Waals surface area contributed by atoms with Crippen LogP contribution in [0.4, 0.5) is 5.69 Å². The maximum Gasteiger partial charge on any atom is 0.244 e. The number of halogens is 1. The van der Waals surface area contributed by atoms with Crippen LogP contribution in [-0.2, 0) is 26.2 Å². The average molecular weight is 510 g/mol. The number of carbonyl (C=O) groups excluding carboxylic acids is 2. The minimum absolute atomic E-state index is 0.189. The summed E-state index contributed by atoms with van der Waals surface area (Å²) in [6.45, 7) is 5.50. The van der Waals surface area contributed by atoms with Crippen LogP contribution in [0.1, 0.15) is 25.0 Å². The van der Waals surface area contributed by atoms with E-state index in [-0.39, 0.29) is 12.5 Å². The van der Waals surface area contributed by atoms with Crippen LogP contribution in [0, 0.1) is 6.92 Å². The molecule has 0 spiro atoms. The number of nitrogens with zero attached hydrogens (tertiary/aromatic N) is 2. The molecule has 0 aliphatic rings. The summed E-state index contributed by atoms with van der Waals surface area (Å²) >= 11 is 3.40. The minimum Gasteiger partial charge on any atom is -0.355 e. The van der Waals surface area contributed by atoms with E-state index in [1.54, 1.807) is 32.0 Å². The van der Waals surface area contributed by atoms with E-state index < -0.39 is 28.5 Å². The third-order valence-electron chi connectivity index (χ3n) is 4.82. The van der Waals surface area contributed by atoms with Crippen LogP contribution in [0.15, 0.2) is 53.0 Å². The van der Waals surface area contributed by atoms with E-state index in [0.717, 1.165) is 26.2 Å². The van der Waals surface area contributed by atoms with Crippen molar-refractivity contribution >= 4 is 43.5 Å². The summed E-state index contributed by atoms with van der Waals surface area (Å²) in [5, 5.41) is 2.73. The molecule has 1 N–H and O–H groups in total. The Morgan fingerprint density at radius 3 is 2.32 bits per heavy atom. The van der Waals surface area contributed by atoms with Crippen molar-refractivity contribution in [3.8, 4) is 0 Å². The number of rotatable bonds is 9. The molecule has 0 bridgehead atoms. The van der Waals surface area contributed by atoms with E-state index in [4.69, 9.17) is 0 Å². The van der Waals surface area contributed by atoms with Gasteiger partial charge in [0, 0.05) is 17.6 Å². The molecular formula is C22H28BrN3O4S. The van der Waals surface area contributed by atoms with E-state index >= 15 is 0 Å². The van der Waals surface area contributed by atoms with Crippen molar-refractivity contribution in [3.63, 3.8) is 0 Å². The van der Waals surface area contributed by atoms with Crippen LogP contribution in [0.2, 0.25) is 0 Å². The molecule has 1 atom stereocenters. The highest BCUT2D eigenvalue weighted by Gasteiger charge is 2.29. The maximum absolute atomic E-state index is 13.3. The molecule has 31 heavy (non-hydrogen) atoms. The van der Waals surface area contributed by atoms with E-state index in [0.29, 0.717) is 12.2 Å². The maximum atomic E-state index is 13.3. The number of likely N-dealkylation sites (N-methyl/N-ethyl adjacent to an activating group) is 1. The lowest BCUT2D eigenvalue weighted by Crippen LogP contribution is -2.51. The van der Waals surface area contributed by atoms with E-state index in [1.165, 1.54) is 4.90 Å². The zero-order chi connectivity index (χ0) is 23.2. The van der Waals surface area contributed by atoms with Crippen molar-refractivity contribution in [3.05, 3.63) is 64.1 Å². The number of benzene rings is 2. The Balaban J connectivity index is 2.38. The quantitative estimate of drug-likeness (QED) is 0.562. The Kier molecular flexibility index (Phi) is 8.64. The van der Waals surface area contributed by atoms with E-state index in [1.807, 2.05) is 37.3 Å². The second kappa shape index (κ2) is 10.8. The lowest BCUT2D eigenvalue weighted by Gasteiger charge is -2.31. The molecule has 2 rings (SSSR count). The molecule has 0 saturated heterocycles. The van der Waals surface area contributed by atoms with Gasteiger partial charge < -0.3 is 10.2 Å². The third kappa shape index (κ3) is 6.80. The standard InChI is InChI=1S/C22H28BrN3O4S/c1-5-24-22(28)17(3)25(14-18-9-7-6-8-10-18)21(27)15-26(31(4,29)30)19-11-12-20(23)16(2)13-19/h6-13,17H,5,14-15H2,1-4H3,(H,24,28)/t17-/m0/s1. The predicted molar refractivity (Wildman–Crippen MR) is 126 cm³/mol. The average Bonchev–Trinajstić information content (AvgIpc) is 2.72. The Morgan fingerprint density at radius 1 is 1.13 bits per heavy atom. The molecule has 7 nitrogen and oxygen atoms in total. The van der Waals surface area contributed by atoms with Crippen molar-refractivity contribution in [1.82, 2.24) is 10.2 Å². The number of sulfonamides is 1. The Labute approximate surface area is 192 Å². The van der Waals surface area contributed by atoms with Gasteiger partial charge in [0.05, 0.1) is 11.9 Å². The highest BCUT2D eigenvalue weighted by Crippen LogP contribution is 2.25. The first-order valence-corrected chi connectivity index (χ1v) is 12.5. The highest BCUT2D eigenvalue weighted by atomic mass is 79.9. The van der Waals surface area contributed by atoms with Gasteiger partial charge in [-0.2, -0.15) is 0 Å². The van der Waals surface area contributed by atoms with Crippen LogP contribution >= 0.6 is 15.9 Å². The lowest BCUT2D eigenvalue weighted by atomic mass is 10.1. The molecule has 0 heterocycles. The summed E-state index contributed by atoms with van der Waals surface area (Å²) in [7, 11) is -3.74. The second-order valence-electron chi connectivity index (χ2n) is 7.28. The molecule has 168 valence electrons. The fraction of sp³-hybridized carbons (Fsp3) is 0.364. The SMILES string of the molecule is CCNC(=O)[C@H](C)N(Cc1ccccc1)C(=O)CN(c1ccc(Br)c(C)c1)S(C)(=O)=O. The predicted octanol–water partition coefficient (Wildman–Crippen LogP) is 3.08. The van der Waals surface area contributed by atoms with Crippen LogP contribution < -0.4 is 9.62 Å². The molecule has 2 amide bonds. The second-order valence-corrected chi connectivity index (χ2v) is 10.0. The number of hydrogen-bond donors (Lipinski definition) is 1. The van der Waals surface area contributed by atoms with Gasteiger partial charge >= 0.3 is 0 Å². The van der Waals surface area contributed by atoms with Crippen LogP contribution in [0.3, 0.4) is 0 Å². The molecule has 2 aromatic rings. The van der Waals surface area contributed by atoms with Crippen LogP contribution in [-0.4, -0.2) is 50.5 Å². The van der Waals surface area contributed by atoms with Gasteiger partial charge in [-0.15, -0.1) is 0 Å². The first-order chi connectivity index (χ1) is 14.5. The molecule has 9 heteroatoms. The Morgan fingerprint density at radius 2 is 1.77 bits per heavy atom. The lowest BCUT2D eigenvalue weighted by molar-refractivity contribution is -0.139. The summed E-state index contributed by atoms with van der Waals surface area (Å²) in [4.78, 5) is 27.2. The van der Waals surface area contributed by atoms with Crippen molar-refractivity contribution in [1.29, 1.82) is 0 Å². The smallest absolute Gasteiger partial charge is 0.244 e. The third-order valence-corrected chi connectivity index (χ3v) is 6.85. The Bertz CT molecular complexity index is 1030. The molecule has 0 fully saturated rings. The number of aryl methyl sites for hydroxylation is 1. The monoisotopic (exact) mass is 509 g/mol. The molecule has 0 saturated carbocycles. The first kappa shape index (κ1) is 24.9. The van der Waals surface area contributed by atoms with Gasteiger partial charge in [-0.05, 0) is 50.1 Å². The van der Waals surface area contributed by atoms with Gasteiger partial charge in [-0.3, -0.25) is 13.9 Å². The van der Waals surface area contributed by atoms with Gasteiger partial charge in [0.2, 0.25) is 21.8 Å². The fourth-order valence-electron chi connectivity index (χ4n) is 3.08. The topological polar surface area (TPSA) is 86.8 Å². The summed E-state index contributed by atoms with van der Waals surface area (Å²) in [5.74, 6) is -0.759. The van der Waals surface area contributed by atoms with Crippen molar-refractivity contribution in [2.45, 2.75) is 33.4 Å². The zero-order valence-corrected chi connectivity index (χ0v) is 20.5. The van der Waals surface area contributed by atoms with E-state index in [2.05, 4.69) is 21.2 Å². The largest absolute Gasteiger partial charge is 0.355 e. The summed E-state index contributed by atoms with van der Waals surface area (Å²) in [5.41, 5.74) is 2.08. The van der Waals surface area contributed by atoms with Crippen molar-refractivity contribution in [2.24, 2.45) is 0 Å². The van der Waals surface area contributed by atoms with Crippen LogP contribution in [0.5, 0.6) is 0 Å². The number of carbonyl (C=O) groups is 2. The molecule has 0 aliphatic carbocycles. The zero-order valence-electron chi connectivity index (χ0n) is 18.1. The summed E-state index contributed by atoms with van der Waals surface area (Å²) in [6, 6.07) is 13.6. The van der Waals surface area contributed by atoms with Gasteiger partial charge in [-0.1, -0.05) is 46.3 Å². The highest BCUT2D eigenvalue weighted by molar-refractivity contribution is 9.10. The van der Waals surface area contributed by atoms with Gasteiger partial charge in [-0.25, -0.2) is 8.42 Å². The molecule has 0 aliphatic heterocycles. The molecule has 0 aromatic heterocycles.